The Morgan fingerprint density at radius 1 is 1.26 bits per heavy atom. The SMILES string of the molecule is CC(=O)Nc1cc(C(=O)NC(C)c2cc(Cl)cc(OC(C)(F)F)c2)ccn1. The minimum atomic E-state index is -3.36. The lowest BCUT2D eigenvalue weighted by Crippen LogP contribution is -2.27. The smallest absolute Gasteiger partial charge is 0.394 e. The molecule has 0 radical (unpaired) electrons. The number of rotatable bonds is 6. The minimum absolute atomic E-state index is 0.108. The van der Waals surface area contributed by atoms with Crippen LogP contribution in [0.1, 0.15) is 42.7 Å². The highest BCUT2D eigenvalue weighted by Crippen LogP contribution is 2.28. The summed E-state index contributed by atoms with van der Waals surface area (Å²) in [5, 5.41) is 5.41. The van der Waals surface area contributed by atoms with Crippen molar-refractivity contribution in [3.8, 4) is 5.75 Å². The number of pyridine rings is 1. The fourth-order valence-corrected chi connectivity index (χ4v) is 2.52. The summed E-state index contributed by atoms with van der Waals surface area (Å²) in [6.45, 7) is 3.62. The molecule has 2 amide bonds. The molecule has 144 valence electrons. The number of amides is 2. The number of halogens is 3. The van der Waals surface area contributed by atoms with Gasteiger partial charge >= 0.3 is 6.11 Å². The number of nitrogens with zero attached hydrogens (tertiary/aromatic N) is 1. The van der Waals surface area contributed by atoms with Crippen LogP contribution >= 0.6 is 11.6 Å². The molecule has 0 saturated carbocycles. The molecule has 0 aliphatic rings. The molecule has 27 heavy (non-hydrogen) atoms. The fraction of sp³-hybridized carbons (Fsp3) is 0.278. The second-order valence-corrected chi connectivity index (χ2v) is 6.37. The van der Waals surface area contributed by atoms with Crippen molar-refractivity contribution in [3.05, 3.63) is 52.7 Å². The molecule has 0 aliphatic carbocycles. The van der Waals surface area contributed by atoms with Gasteiger partial charge in [-0.1, -0.05) is 11.6 Å². The average Bonchev–Trinajstić information content (AvgIpc) is 2.52. The van der Waals surface area contributed by atoms with E-state index in [1.165, 1.54) is 37.4 Å². The van der Waals surface area contributed by atoms with E-state index in [-0.39, 0.29) is 28.1 Å². The zero-order chi connectivity index (χ0) is 20.2. The zero-order valence-electron chi connectivity index (χ0n) is 14.8. The number of ether oxygens (including phenoxy) is 1. The van der Waals surface area contributed by atoms with Crippen molar-refractivity contribution in [2.45, 2.75) is 32.9 Å². The summed E-state index contributed by atoms with van der Waals surface area (Å²) < 4.78 is 30.7. The van der Waals surface area contributed by atoms with Crippen LogP contribution in [-0.2, 0) is 4.79 Å². The maximum absolute atomic E-state index is 13.1. The Bertz CT molecular complexity index is 856. The third-order valence-corrected chi connectivity index (χ3v) is 3.58. The highest BCUT2D eigenvalue weighted by atomic mass is 35.5. The van der Waals surface area contributed by atoms with Crippen LogP contribution < -0.4 is 15.4 Å². The maximum Gasteiger partial charge on any atom is 0.394 e. The van der Waals surface area contributed by atoms with Crippen molar-refractivity contribution in [2.24, 2.45) is 0 Å². The third-order valence-electron chi connectivity index (χ3n) is 3.36. The Morgan fingerprint density at radius 3 is 2.59 bits per heavy atom. The van der Waals surface area contributed by atoms with Gasteiger partial charge in [0.05, 0.1) is 6.04 Å². The van der Waals surface area contributed by atoms with Crippen LogP contribution in [0, 0.1) is 0 Å². The van der Waals surface area contributed by atoms with E-state index in [4.69, 9.17) is 11.6 Å². The van der Waals surface area contributed by atoms with Gasteiger partial charge < -0.3 is 15.4 Å². The molecule has 0 spiro atoms. The number of anilines is 1. The van der Waals surface area contributed by atoms with Gasteiger partial charge in [0.25, 0.3) is 5.91 Å². The molecular formula is C18H18ClF2N3O3. The monoisotopic (exact) mass is 397 g/mol. The van der Waals surface area contributed by atoms with Gasteiger partial charge in [0.15, 0.2) is 0 Å². The number of nitrogens with one attached hydrogen (secondary N) is 2. The molecule has 2 aromatic rings. The molecule has 1 aromatic carbocycles. The van der Waals surface area contributed by atoms with Crippen molar-refractivity contribution in [1.82, 2.24) is 10.3 Å². The number of carbonyl (C=O) groups is 2. The first-order valence-electron chi connectivity index (χ1n) is 7.95. The summed E-state index contributed by atoms with van der Waals surface area (Å²) in [6, 6.07) is 6.55. The molecule has 1 unspecified atom stereocenters. The van der Waals surface area contributed by atoms with Crippen molar-refractivity contribution >= 4 is 29.2 Å². The Morgan fingerprint density at radius 2 is 1.96 bits per heavy atom. The first-order chi connectivity index (χ1) is 12.5. The highest BCUT2D eigenvalue weighted by Gasteiger charge is 2.24. The molecule has 0 bridgehead atoms. The van der Waals surface area contributed by atoms with Gasteiger partial charge in [-0.25, -0.2) is 4.98 Å². The second-order valence-electron chi connectivity index (χ2n) is 5.94. The Balaban J connectivity index is 2.16. The summed E-state index contributed by atoms with van der Waals surface area (Å²) >= 11 is 5.96. The predicted octanol–water partition coefficient (Wildman–Crippen LogP) is 4.18. The number of alkyl halides is 2. The topological polar surface area (TPSA) is 80.3 Å². The minimum Gasteiger partial charge on any atom is -0.433 e. The highest BCUT2D eigenvalue weighted by molar-refractivity contribution is 6.30. The van der Waals surface area contributed by atoms with E-state index in [1.54, 1.807) is 13.0 Å². The van der Waals surface area contributed by atoms with Crippen LogP contribution in [0.5, 0.6) is 5.75 Å². The number of carbonyl (C=O) groups excluding carboxylic acids is 2. The van der Waals surface area contributed by atoms with Gasteiger partial charge in [-0.3, -0.25) is 9.59 Å². The Kier molecular flexibility index (Phi) is 6.32. The van der Waals surface area contributed by atoms with E-state index in [0.29, 0.717) is 12.5 Å². The summed E-state index contributed by atoms with van der Waals surface area (Å²) in [7, 11) is 0. The van der Waals surface area contributed by atoms with Crippen molar-refractivity contribution in [2.75, 3.05) is 5.32 Å². The van der Waals surface area contributed by atoms with E-state index in [2.05, 4.69) is 20.4 Å². The lowest BCUT2D eigenvalue weighted by Gasteiger charge is -2.18. The Hall–Kier alpha value is -2.74. The van der Waals surface area contributed by atoms with Gasteiger partial charge in [0.2, 0.25) is 5.91 Å². The molecule has 9 heteroatoms. The molecule has 1 atom stereocenters. The van der Waals surface area contributed by atoms with Gasteiger partial charge in [-0.05, 0) is 42.8 Å². The molecule has 1 aromatic heterocycles. The standard InChI is InChI=1S/C18H18ClF2N3O3/c1-10(13-6-14(19)9-15(7-13)27-18(3,20)21)23-17(26)12-4-5-22-16(8-12)24-11(2)25/h4-10H,1-3H3,(H,23,26)(H,22,24,25). The quantitative estimate of drug-likeness (QED) is 0.766. The van der Waals surface area contributed by atoms with E-state index in [0.717, 1.165) is 0 Å². The predicted molar refractivity (Wildman–Crippen MR) is 97.1 cm³/mol. The normalized spacial score (nSPS) is 12.2. The molecule has 0 saturated heterocycles. The van der Waals surface area contributed by atoms with Gasteiger partial charge in [0.1, 0.15) is 11.6 Å². The number of hydrogen-bond donors (Lipinski definition) is 2. The lowest BCUT2D eigenvalue weighted by molar-refractivity contribution is -0.159. The third kappa shape index (κ3) is 6.49. The summed E-state index contributed by atoms with van der Waals surface area (Å²) in [5.41, 5.74) is 0.769. The summed E-state index contributed by atoms with van der Waals surface area (Å²) in [4.78, 5) is 27.5. The molecule has 0 fully saturated rings. The molecule has 2 rings (SSSR count). The van der Waals surface area contributed by atoms with Gasteiger partial charge in [0, 0.05) is 30.6 Å². The lowest BCUT2D eigenvalue weighted by atomic mass is 10.1. The summed E-state index contributed by atoms with van der Waals surface area (Å²) in [5.74, 6) is -0.609. The number of benzene rings is 1. The van der Waals surface area contributed by atoms with Crippen molar-refractivity contribution < 1.29 is 23.1 Å². The van der Waals surface area contributed by atoms with Crippen LogP contribution in [0.3, 0.4) is 0 Å². The van der Waals surface area contributed by atoms with E-state index in [9.17, 15) is 18.4 Å². The Labute approximate surface area is 159 Å². The first-order valence-corrected chi connectivity index (χ1v) is 8.33. The largest absolute Gasteiger partial charge is 0.433 e. The van der Waals surface area contributed by atoms with E-state index < -0.39 is 18.1 Å². The number of aromatic nitrogens is 1. The molecule has 2 N–H and O–H groups in total. The van der Waals surface area contributed by atoms with Crippen molar-refractivity contribution in [1.29, 1.82) is 0 Å². The van der Waals surface area contributed by atoms with Crippen LogP contribution in [0.4, 0.5) is 14.6 Å². The van der Waals surface area contributed by atoms with Crippen LogP contribution in [-0.4, -0.2) is 22.9 Å². The van der Waals surface area contributed by atoms with Gasteiger partial charge in [-0.2, -0.15) is 8.78 Å². The van der Waals surface area contributed by atoms with Crippen molar-refractivity contribution in [3.63, 3.8) is 0 Å². The molecular weight excluding hydrogens is 380 g/mol. The number of hydrogen-bond acceptors (Lipinski definition) is 4. The van der Waals surface area contributed by atoms with Crippen LogP contribution in [0.25, 0.3) is 0 Å². The molecule has 6 nitrogen and oxygen atoms in total. The van der Waals surface area contributed by atoms with E-state index >= 15 is 0 Å². The van der Waals surface area contributed by atoms with Crippen LogP contribution in [0.15, 0.2) is 36.5 Å². The maximum atomic E-state index is 13.1. The fourth-order valence-electron chi connectivity index (χ4n) is 2.28. The first kappa shape index (κ1) is 20.6. The average molecular weight is 398 g/mol. The molecule has 1 heterocycles. The van der Waals surface area contributed by atoms with E-state index in [1.807, 2.05) is 0 Å². The second kappa shape index (κ2) is 8.30. The van der Waals surface area contributed by atoms with Crippen LogP contribution in [0.2, 0.25) is 5.02 Å². The molecule has 0 aliphatic heterocycles. The van der Waals surface area contributed by atoms with Gasteiger partial charge in [-0.15, -0.1) is 0 Å². The zero-order valence-corrected chi connectivity index (χ0v) is 15.6. The summed E-state index contributed by atoms with van der Waals surface area (Å²) in [6.07, 6.45) is -1.97.